The van der Waals surface area contributed by atoms with Crippen molar-refractivity contribution in [3.8, 4) is 0 Å². The highest BCUT2D eigenvalue weighted by atomic mass is 32.1. The molecule has 36 heavy (non-hydrogen) atoms. The second kappa shape index (κ2) is 9.93. The Kier molecular flexibility index (Phi) is 7.08. The third-order valence-electron chi connectivity index (χ3n) is 6.60. The summed E-state index contributed by atoms with van der Waals surface area (Å²) in [5.74, 6) is -1.62. The van der Waals surface area contributed by atoms with E-state index in [-0.39, 0.29) is 37.7 Å². The number of benzene rings is 2. The lowest BCUT2D eigenvalue weighted by Crippen LogP contribution is -2.67. The highest BCUT2D eigenvalue weighted by Gasteiger charge is 2.51. The van der Waals surface area contributed by atoms with Crippen molar-refractivity contribution >= 4 is 39.2 Å². The van der Waals surface area contributed by atoms with Crippen LogP contribution < -0.4 is 0 Å². The van der Waals surface area contributed by atoms with Gasteiger partial charge in [0.25, 0.3) is 5.91 Å². The Labute approximate surface area is 209 Å². The van der Waals surface area contributed by atoms with E-state index in [0.29, 0.717) is 24.1 Å². The van der Waals surface area contributed by atoms with E-state index in [1.165, 1.54) is 33.3 Å². The predicted octanol–water partition coefficient (Wildman–Crippen LogP) is 5.42. The van der Waals surface area contributed by atoms with Gasteiger partial charge in [0.1, 0.15) is 5.54 Å². The molecule has 1 fully saturated rings. The fourth-order valence-corrected chi connectivity index (χ4v) is 5.36. The Morgan fingerprint density at radius 1 is 1.11 bits per heavy atom. The molecule has 190 valence electrons. The molecule has 0 aliphatic carbocycles. The van der Waals surface area contributed by atoms with Crippen molar-refractivity contribution in [1.82, 2.24) is 9.80 Å². The van der Waals surface area contributed by atoms with Gasteiger partial charge in [-0.2, -0.15) is 13.2 Å². The number of carbonyl (C=O) groups is 3. The van der Waals surface area contributed by atoms with Crippen molar-refractivity contribution in [2.24, 2.45) is 0 Å². The number of thiophene rings is 1. The second-order valence-electron chi connectivity index (χ2n) is 9.04. The number of fused-ring (bicyclic) bond motifs is 1. The standard InChI is InChI=1S/C26H25F3N2O4S/c1-25(12-14-31(25)23(34)20-16-36-21-6-3-2-5-19(20)21)24(35)30(13-4-7-22(32)33)15-17-8-10-18(11-9-17)26(27,28)29/h2-3,5-6,8-11,16H,4,7,12-15H2,1H3,(H,32,33). The molecule has 1 aromatic heterocycles. The van der Waals surface area contributed by atoms with Crippen LogP contribution in [0.1, 0.15) is 47.7 Å². The van der Waals surface area contributed by atoms with Gasteiger partial charge in [-0.15, -0.1) is 11.3 Å². The zero-order valence-electron chi connectivity index (χ0n) is 19.5. The van der Waals surface area contributed by atoms with Crippen LogP contribution in [0.2, 0.25) is 0 Å². The molecule has 0 bridgehead atoms. The van der Waals surface area contributed by atoms with E-state index < -0.39 is 23.2 Å². The molecule has 1 atom stereocenters. The zero-order valence-corrected chi connectivity index (χ0v) is 20.4. The first kappa shape index (κ1) is 25.7. The van der Waals surface area contributed by atoms with Gasteiger partial charge in [-0.25, -0.2) is 0 Å². The summed E-state index contributed by atoms with van der Waals surface area (Å²) in [7, 11) is 0. The van der Waals surface area contributed by atoms with Crippen molar-refractivity contribution in [2.45, 2.75) is 44.4 Å². The van der Waals surface area contributed by atoms with E-state index in [9.17, 15) is 27.6 Å². The molecule has 1 saturated heterocycles. The maximum Gasteiger partial charge on any atom is 0.416 e. The van der Waals surface area contributed by atoms with Gasteiger partial charge in [-0.1, -0.05) is 30.3 Å². The minimum absolute atomic E-state index is 0.00952. The van der Waals surface area contributed by atoms with Gasteiger partial charge in [-0.05, 0) is 43.5 Å². The molecule has 1 aliphatic rings. The van der Waals surface area contributed by atoms with Crippen LogP contribution in [0.4, 0.5) is 13.2 Å². The lowest BCUT2D eigenvalue weighted by Gasteiger charge is -2.51. The van der Waals surface area contributed by atoms with Crippen molar-refractivity contribution < 1.29 is 32.7 Å². The number of nitrogens with zero attached hydrogens (tertiary/aromatic N) is 2. The van der Waals surface area contributed by atoms with Crippen LogP contribution in [0.3, 0.4) is 0 Å². The third-order valence-corrected chi connectivity index (χ3v) is 7.56. The van der Waals surface area contributed by atoms with Crippen molar-refractivity contribution in [1.29, 1.82) is 0 Å². The summed E-state index contributed by atoms with van der Waals surface area (Å²) in [6.07, 6.45) is -4.01. The molecule has 2 heterocycles. The quantitative estimate of drug-likeness (QED) is 0.432. The van der Waals surface area contributed by atoms with Crippen LogP contribution in [0.5, 0.6) is 0 Å². The predicted molar refractivity (Wildman–Crippen MR) is 130 cm³/mol. The van der Waals surface area contributed by atoms with E-state index in [4.69, 9.17) is 5.11 Å². The average molecular weight is 519 g/mol. The first-order chi connectivity index (χ1) is 17.0. The van der Waals surface area contributed by atoms with Crippen molar-refractivity contribution in [3.05, 3.63) is 70.6 Å². The van der Waals surface area contributed by atoms with E-state index in [2.05, 4.69) is 0 Å². The van der Waals surface area contributed by atoms with E-state index in [1.54, 1.807) is 12.3 Å². The van der Waals surface area contributed by atoms with Crippen LogP contribution in [-0.4, -0.2) is 51.3 Å². The van der Waals surface area contributed by atoms with Gasteiger partial charge in [0.15, 0.2) is 0 Å². The number of hydrogen-bond donors (Lipinski definition) is 1. The number of hydrogen-bond acceptors (Lipinski definition) is 4. The SMILES string of the molecule is CC1(C(=O)N(CCCC(=O)O)Cc2ccc(C(F)(F)F)cc2)CCN1C(=O)c1csc2ccccc12. The van der Waals surface area contributed by atoms with E-state index >= 15 is 0 Å². The van der Waals surface area contributed by atoms with Gasteiger partial charge in [0, 0.05) is 41.5 Å². The van der Waals surface area contributed by atoms with Gasteiger partial charge in [0.05, 0.1) is 11.1 Å². The third kappa shape index (κ3) is 5.09. The number of carbonyl (C=O) groups excluding carboxylic acids is 2. The largest absolute Gasteiger partial charge is 0.481 e. The summed E-state index contributed by atoms with van der Waals surface area (Å²) >= 11 is 1.45. The Morgan fingerprint density at radius 2 is 1.81 bits per heavy atom. The molecule has 0 spiro atoms. The number of halogens is 3. The number of amides is 2. The fraction of sp³-hybridized carbons (Fsp3) is 0.346. The normalized spacial score (nSPS) is 17.6. The monoisotopic (exact) mass is 518 g/mol. The molecule has 1 aliphatic heterocycles. The van der Waals surface area contributed by atoms with Gasteiger partial charge < -0.3 is 14.9 Å². The Bertz CT molecular complexity index is 1290. The zero-order chi connectivity index (χ0) is 26.1. The summed E-state index contributed by atoms with van der Waals surface area (Å²) in [6, 6.07) is 12.1. The highest BCUT2D eigenvalue weighted by molar-refractivity contribution is 7.17. The molecule has 4 rings (SSSR count). The number of rotatable bonds is 8. The Balaban J connectivity index is 1.56. The average Bonchev–Trinajstić information content (AvgIpc) is 3.25. The molecule has 6 nitrogen and oxygen atoms in total. The van der Waals surface area contributed by atoms with Crippen LogP contribution in [0, 0.1) is 0 Å². The molecule has 10 heteroatoms. The molecule has 3 aromatic rings. The summed E-state index contributed by atoms with van der Waals surface area (Å²) < 4.78 is 39.8. The van der Waals surface area contributed by atoms with Crippen molar-refractivity contribution in [2.75, 3.05) is 13.1 Å². The Hall–Kier alpha value is -3.40. The summed E-state index contributed by atoms with van der Waals surface area (Å²) in [6.45, 7) is 2.19. The number of carboxylic acids is 1. The molecular formula is C26H25F3N2O4S. The van der Waals surface area contributed by atoms with E-state index in [1.807, 2.05) is 24.3 Å². The number of aliphatic carboxylic acids is 1. The van der Waals surface area contributed by atoms with Gasteiger partial charge in [0.2, 0.25) is 5.91 Å². The molecule has 1 unspecified atom stereocenters. The first-order valence-electron chi connectivity index (χ1n) is 11.5. The first-order valence-corrected chi connectivity index (χ1v) is 12.3. The van der Waals surface area contributed by atoms with Crippen LogP contribution in [-0.2, 0) is 22.3 Å². The lowest BCUT2D eigenvalue weighted by molar-refractivity contribution is -0.150. The van der Waals surface area contributed by atoms with Crippen LogP contribution in [0.15, 0.2) is 53.9 Å². The molecule has 2 aromatic carbocycles. The maximum atomic E-state index is 13.7. The molecule has 1 N–H and O–H groups in total. The molecule has 0 saturated carbocycles. The second-order valence-corrected chi connectivity index (χ2v) is 9.96. The summed E-state index contributed by atoms with van der Waals surface area (Å²) in [4.78, 5) is 41.1. The smallest absolute Gasteiger partial charge is 0.416 e. The van der Waals surface area contributed by atoms with Crippen LogP contribution in [0.25, 0.3) is 10.1 Å². The minimum Gasteiger partial charge on any atom is -0.481 e. The van der Waals surface area contributed by atoms with Crippen LogP contribution >= 0.6 is 11.3 Å². The van der Waals surface area contributed by atoms with Gasteiger partial charge in [-0.3, -0.25) is 14.4 Å². The summed E-state index contributed by atoms with van der Waals surface area (Å²) in [5, 5.41) is 11.6. The van der Waals surface area contributed by atoms with E-state index in [0.717, 1.165) is 22.2 Å². The fourth-order valence-electron chi connectivity index (χ4n) is 4.43. The maximum absolute atomic E-state index is 13.7. The Morgan fingerprint density at radius 3 is 2.42 bits per heavy atom. The lowest BCUT2D eigenvalue weighted by atomic mass is 9.84. The van der Waals surface area contributed by atoms with Crippen molar-refractivity contribution in [3.63, 3.8) is 0 Å². The molecule has 2 amide bonds. The number of carboxylic acid groups (broad SMARTS) is 1. The number of alkyl halides is 3. The minimum atomic E-state index is -4.47. The summed E-state index contributed by atoms with van der Waals surface area (Å²) in [5.41, 5.74) is -0.915. The topological polar surface area (TPSA) is 77.9 Å². The van der Waals surface area contributed by atoms with Gasteiger partial charge >= 0.3 is 12.1 Å². The molecule has 0 radical (unpaired) electrons. The molecular weight excluding hydrogens is 493 g/mol. The highest BCUT2D eigenvalue weighted by Crippen LogP contribution is 2.37. The number of likely N-dealkylation sites (tertiary alicyclic amines) is 1.